The minimum absolute atomic E-state index is 0.298. The molecule has 0 aromatic rings. The third-order valence-electron chi connectivity index (χ3n) is 3.20. The Hall–Kier alpha value is -1.26. The summed E-state index contributed by atoms with van der Waals surface area (Å²) in [5, 5.41) is 0. The van der Waals surface area contributed by atoms with E-state index in [1.165, 1.54) is 0 Å². The number of carbonyl (C=O) groups is 2. The molecule has 0 aliphatic rings. The molecule has 0 aliphatic heterocycles. The van der Waals surface area contributed by atoms with Crippen molar-refractivity contribution in [2.24, 2.45) is 5.73 Å². The minimum Gasteiger partial charge on any atom is -0.463 e. The van der Waals surface area contributed by atoms with Crippen LogP contribution in [0.3, 0.4) is 0 Å². The van der Waals surface area contributed by atoms with Crippen LogP contribution in [0.15, 0.2) is 12.2 Å². The van der Waals surface area contributed by atoms with Crippen LogP contribution in [0.4, 0.5) is 0 Å². The molecule has 0 fully saturated rings. The van der Waals surface area contributed by atoms with Gasteiger partial charge in [-0.3, -0.25) is 0 Å². The van der Waals surface area contributed by atoms with Crippen molar-refractivity contribution < 1.29 is 32.7 Å². The van der Waals surface area contributed by atoms with Crippen molar-refractivity contribution in [3.05, 3.63) is 12.2 Å². The maximum Gasteiger partial charge on any atom is 0.334 e. The molecule has 154 valence electrons. The van der Waals surface area contributed by atoms with Crippen LogP contribution in [0.25, 0.3) is 0 Å². The Bertz CT molecular complexity index is 367. The molecule has 0 radical (unpaired) electrons. The topological polar surface area (TPSA) is 106 Å². The average molecular weight is 394 g/mol. The summed E-state index contributed by atoms with van der Waals surface area (Å²) >= 11 is 0. The van der Waals surface area contributed by atoms with E-state index in [-0.39, 0.29) is 0 Å². The van der Waals surface area contributed by atoms with Crippen LogP contribution in [-0.4, -0.2) is 67.7 Å². The Morgan fingerprint density at radius 2 is 1.38 bits per heavy atom. The molecule has 0 atom stereocenters. The number of ether oxygens (including phenoxy) is 3. The molecule has 0 rings (SSSR count). The van der Waals surface area contributed by atoms with Crippen molar-refractivity contribution in [1.82, 2.24) is 0 Å². The molecule has 2 N–H and O–H groups in total. The highest BCUT2D eigenvalue weighted by Gasteiger charge is 2.27. The van der Waals surface area contributed by atoms with Crippen molar-refractivity contribution in [1.29, 1.82) is 0 Å². The predicted molar refractivity (Wildman–Crippen MR) is 102 cm³/mol. The lowest BCUT2D eigenvalue weighted by Gasteiger charge is -2.22. The van der Waals surface area contributed by atoms with Crippen molar-refractivity contribution in [2.75, 3.05) is 47.2 Å². The highest BCUT2D eigenvalue weighted by atomic mass is 28.4. The Morgan fingerprint density at radius 1 is 0.923 bits per heavy atom. The normalized spacial score (nSPS) is 11.0. The largest absolute Gasteiger partial charge is 0.463 e. The summed E-state index contributed by atoms with van der Waals surface area (Å²) in [6, 6.07) is 0.975. The SMILES string of the molecule is CCOC(=O)/C=C\C(=O)OCC.CO[Si](C)(CCCOCCCN)OC. The van der Waals surface area contributed by atoms with Gasteiger partial charge in [0.2, 0.25) is 0 Å². The Balaban J connectivity index is 0. The van der Waals surface area contributed by atoms with Gasteiger partial charge in [-0.15, -0.1) is 0 Å². The van der Waals surface area contributed by atoms with Crippen LogP contribution >= 0.6 is 0 Å². The number of hydrogen-bond donors (Lipinski definition) is 1. The van der Waals surface area contributed by atoms with Gasteiger partial charge in [-0.2, -0.15) is 0 Å². The van der Waals surface area contributed by atoms with Crippen molar-refractivity contribution >= 4 is 20.5 Å². The number of rotatable bonds is 13. The summed E-state index contributed by atoms with van der Waals surface area (Å²) in [4.78, 5) is 21.3. The third kappa shape index (κ3) is 17.6. The summed E-state index contributed by atoms with van der Waals surface area (Å²) in [6.45, 7) is 8.27. The van der Waals surface area contributed by atoms with Crippen LogP contribution in [0.5, 0.6) is 0 Å². The van der Waals surface area contributed by atoms with E-state index in [2.05, 4.69) is 16.0 Å². The van der Waals surface area contributed by atoms with Crippen molar-refractivity contribution in [3.8, 4) is 0 Å². The molecule has 0 aromatic carbocycles. The maximum absolute atomic E-state index is 10.6. The summed E-state index contributed by atoms with van der Waals surface area (Å²) in [6.07, 6.45) is 4.02. The zero-order valence-corrected chi connectivity index (χ0v) is 17.7. The second-order valence-corrected chi connectivity index (χ2v) is 8.82. The first kappa shape index (κ1) is 27.0. The number of esters is 2. The van der Waals surface area contributed by atoms with E-state index >= 15 is 0 Å². The van der Waals surface area contributed by atoms with Crippen LogP contribution in [0.2, 0.25) is 12.6 Å². The van der Waals surface area contributed by atoms with E-state index in [9.17, 15) is 9.59 Å². The molecule has 0 unspecified atom stereocenters. The summed E-state index contributed by atoms with van der Waals surface area (Å²) in [7, 11) is 1.56. The lowest BCUT2D eigenvalue weighted by molar-refractivity contribution is -0.140. The van der Waals surface area contributed by atoms with Crippen molar-refractivity contribution in [3.63, 3.8) is 0 Å². The maximum atomic E-state index is 10.6. The van der Waals surface area contributed by atoms with E-state index in [0.29, 0.717) is 19.8 Å². The summed E-state index contributed by atoms with van der Waals surface area (Å²) < 4.78 is 25.2. The standard InChI is InChI=1S/C9H23NO3Si.C8H12O4/c1-11-14(3,12-2)9-5-8-13-7-4-6-10;1-3-11-7(9)5-6-8(10)12-4-2/h4-10H2,1-3H3;5-6H,3-4H2,1-2H3/b;6-5-. The average Bonchev–Trinajstić information content (AvgIpc) is 2.64. The first-order chi connectivity index (χ1) is 12.4. The molecule has 8 nitrogen and oxygen atoms in total. The van der Waals surface area contributed by atoms with Gasteiger partial charge in [-0.05, 0) is 45.8 Å². The van der Waals surface area contributed by atoms with Gasteiger partial charge in [0, 0.05) is 39.6 Å². The Labute approximate surface area is 158 Å². The van der Waals surface area contributed by atoms with Crippen LogP contribution in [0.1, 0.15) is 26.7 Å². The minimum atomic E-state index is -1.87. The lowest BCUT2D eigenvalue weighted by Crippen LogP contribution is -2.36. The van der Waals surface area contributed by atoms with Gasteiger partial charge >= 0.3 is 20.5 Å². The fraction of sp³-hybridized carbons (Fsp3) is 0.765. The molecule has 0 bridgehead atoms. The van der Waals surface area contributed by atoms with E-state index in [1.807, 2.05) is 0 Å². The molecule has 0 amide bonds. The molecule has 0 saturated carbocycles. The number of nitrogens with two attached hydrogens (primary N) is 1. The molecular formula is C17H35NO7Si. The van der Waals surface area contributed by atoms with E-state index in [0.717, 1.165) is 44.3 Å². The van der Waals surface area contributed by atoms with Crippen LogP contribution in [0, 0.1) is 0 Å². The molecule has 0 aromatic heterocycles. The van der Waals surface area contributed by atoms with Gasteiger partial charge in [0.15, 0.2) is 0 Å². The van der Waals surface area contributed by atoms with E-state index < -0.39 is 20.5 Å². The zero-order chi connectivity index (χ0) is 20.3. The fourth-order valence-electron chi connectivity index (χ4n) is 1.59. The summed E-state index contributed by atoms with van der Waals surface area (Å²) in [5.41, 5.74) is 5.34. The van der Waals surface area contributed by atoms with Gasteiger partial charge in [-0.1, -0.05) is 0 Å². The van der Waals surface area contributed by atoms with Gasteiger partial charge in [-0.25, -0.2) is 9.59 Å². The first-order valence-electron chi connectivity index (χ1n) is 8.78. The van der Waals surface area contributed by atoms with Gasteiger partial charge in [0.1, 0.15) is 0 Å². The first-order valence-corrected chi connectivity index (χ1v) is 11.3. The molecule has 0 spiro atoms. The number of carbonyl (C=O) groups excluding carboxylic acids is 2. The molecule has 0 aliphatic carbocycles. The summed E-state index contributed by atoms with van der Waals surface area (Å²) in [5.74, 6) is -1.07. The lowest BCUT2D eigenvalue weighted by atomic mass is 10.4. The molecule has 0 heterocycles. The van der Waals surface area contributed by atoms with Gasteiger partial charge in [0.25, 0.3) is 0 Å². The molecule has 26 heavy (non-hydrogen) atoms. The molecule has 9 heteroatoms. The highest BCUT2D eigenvalue weighted by molar-refractivity contribution is 6.65. The highest BCUT2D eigenvalue weighted by Crippen LogP contribution is 2.13. The predicted octanol–water partition coefficient (Wildman–Crippen LogP) is 1.78. The Morgan fingerprint density at radius 3 is 1.77 bits per heavy atom. The van der Waals surface area contributed by atoms with Gasteiger partial charge in [0.05, 0.1) is 13.2 Å². The van der Waals surface area contributed by atoms with Crippen molar-refractivity contribution in [2.45, 2.75) is 39.3 Å². The Kier molecular flexibility index (Phi) is 19.2. The molecule has 0 saturated heterocycles. The number of hydrogen-bond acceptors (Lipinski definition) is 8. The van der Waals surface area contributed by atoms with E-state index in [4.69, 9.17) is 19.3 Å². The smallest absolute Gasteiger partial charge is 0.334 e. The van der Waals surface area contributed by atoms with Crippen LogP contribution < -0.4 is 5.73 Å². The van der Waals surface area contributed by atoms with Crippen LogP contribution in [-0.2, 0) is 32.7 Å². The fourth-order valence-corrected chi connectivity index (χ4v) is 2.95. The van der Waals surface area contributed by atoms with Gasteiger partial charge < -0.3 is 28.8 Å². The second kappa shape index (κ2) is 18.5. The quantitative estimate of drug-likeness (QED) is 0.218. The zero-order valence-electron chi connectivity index (χ0n) is 16.7. The third-order valence-corrected chi connectivity index (χ3v) is 6.19. The monoisotopic (exact) mass is 393 g/mol. The molecular weight excluding hydrogens is 358 g/mol. The second-order valence-electron chi connectivity index (χ2n) is 5.24. The van der Waals surface area contributed by atoms with E-state index in [1.54, 1.807) is 28.1 Å².